The van der Waals surface area contributed by atoms with Crippen molar-refractivity contribution >= 4 is 72.8 Å². The van der Waals surface area contributed by atoms with E-state index in [1.807, 2.05) is 6.07 Å². The second-order valence-electron chi connectivity index (χ2n) is 2.93. The molecular weight excluding hydrogens is 429 g/mol. The van der Waals surface area contributed by atoms with Gasteiger partial charge in [-0.3, -0.25) is 0 Å². The minimum atomic E-state index is -0.0708. The van der Waals surface area contributed by atoms with Crippen LogP contribution in [0.15, 0.2) is 21.3 Å². The van der Waals surface area contributed by atoms with E-state index in [0.29, 0.717) is 0 Å². The largest absolute Gasteiger partial charge is 0.320 e. The van der Waals surface area contributed by atoms with Crippen molar-refractivity contribution in [1.29, 1.82) is 0 Å². The molecule has 0 aliphatic heterocycles. The van der Waals surface area contributed by atoms with Gasteiger partial charge in [0.25, 0.3) is 0 Å². The molecule has 0 fully saturated rings. The van der Waals surface area contributed by atoms with Gasteiger partial charge in [-0.25, -0.2) is 0 Å². The van der Waals surface area contributed by atoms with E-state index in [1.165, 1.54) is 2.88 Å². The number of nitrogens with two attached hydrogens (primary N) is 1. The van der Waals surface area contributed by atoms with E-state index in [1.54, 1.807) is 22.7 Å². The van der Waals surface area contributed by atoms with Crippen molar-refractivity contribution in [1.82, 2.24) is 0 Å². The second-order valence-corrected chi connectivity index (χ2v) is 8.55. The molecule has 1 nitrogen and oxygen atoms in total. The average Bonchev–Trinajstić information content (AvgIpc) is 2.74. The lowest BCUT2D eigenvalue weighted by atomic mass is 10.1. The molecule has 0 aromatic carbocycles. The summed E-state index contributed by atoms with van der Waals surface area (Å²) in [5.41, 5.74) is 7.29. The lowest BCUT2D eigenvalue weighted by Gasteiger charge is -2.05. The molecule has 2 rings (SSSR count). The number of halogens is 3. The first-order valence-electron chi connectivity index (χ1n) is 4.02. The molecule has 0 saturated heterocycles. The van der Waals surface area contributed by atoms with Crippen LogP contribution in [0.3, 0.4) is 0 Å². The Bertz CT molecular complexity index is 463. The Labute approximate surface area is 123 Å². The molecule has 80 valence electrons. The Balaban J connectivity index is 2.31. The lowest BCUT2D eigenvalue weighted by Crippen LogP contribution is -2.08. The van der Waals surface area contributed by atoms with Gasteiger partial charge in [-0.15, -0.1) is 22.7 Å². The van der Waals surface area contributed by atoms with Gasteiger partial charge in [0, 0.05) is 4.88 Å². The molecule has 0 spiro atoms. The van der Waals surface area contributed by atoms with Crippen molar-refractivity contribution in [3.05, 3.63) is 39.6 Å². The average molecular weight is 435 g/mol. The van der Waals surface area contributed by atoms with Gasteiger partial charge in [-0.2, -0.15) is 0 Å². The summed E-state index contributed by atoms with van der Waals surface area (Å²) in [4.78, 5) is 1.08. The molecule has 0 aliphatic carbocycles. The summed E-state index contributed by atoms with van der Waals surface area (Å²) in [6.45, 7) is 0. The molecule has 2 aromatic heterocycles. The van der Waals surface area contributed by atoms with Crippen LogP contribution < -0.4 is 5.73 Å². The summed E-state index contributed by atoms with van der Waals surface area (Å²) >= 11 is 15.0. The van der Waals surface area contributed by atoms with E-state index in [2.05, 4.69) is 50.0 Å². The van der Waals surface area contributed by atoms with Gasteiger partial charge < -0.3 is 5.73 Å². The van der Waals surface area contributed by atoms with Crippen molar-refractivity contribution in [3.8, 4) is 0 Å². The zero-order valence-corrected chi connectivity index (χ0v) is 13.5. The zero-order chi connectivity index (χ0) is 11.0. The predicted octanol–water partition coefficient (Wildman–Crippen LogP) is 4.88. The van der Waals surface area contributed by atoms with Crippen molar-refractivity contribution < 1.29 is 0 Å². The van der Waals surface area contributed by atoms with E-state index < -0.39 is 0 Å². The van der Waals surface area contributed by atoms with Gasteiger partial charge in [0.2, 0.25) is 0 Å². The Hall–Kier alpha value is 0.860. The van der Waals surface area contributed by atoms with Crippen LogP contribution in [-0.4, -0.2) is 0 Å². The van der Waals surface area contributed by atoms with Crippen LogP contribution in [-0.2, 0) is 0 Å². The normalized spacial score (nSPS) is 13.1. The van der Waals surface area contributed by atoms with E-state index in [-0.39, 0.29) is 6.04 Å². The Kier molecular flexibility index (Phi) is 4.12. The van der Waals surface area contributed by atoms with Crippen LogP contribution >= 0.6 is 72.8 Å². The van der Waals surface area contributed by atoms with Gasteiger partial charge in [-0.05, 0) is 61.6 Å². The third kappa shape index (κ3) is 2.76. The summed E-state index contributed by atoms with van der Waals surface area (Å²) in [6, 6.07) is 3.96. The maximum absolute atomic E-state index is 6.15. The van der Waals surface area contributed by atoms with E-state index in [0.717, 1.165) is 19.2 Å². The molecule has 0 amide bonds. The van der Waals surface area contributed by atoms with Crippen molar-refractivity contribution in [2.75, 3.05) is 0 Å². The third-order valence-corrected chi connectivity index (χ3v) is 6.28. The first-order valence-corrected chi connectivity index (χ1v) is 7.96. The minimum Gasteiger partial charge on any atom is -0.320 e. The SMILES string of the molecule is NC(c1csc(I)c1)c1cc(Cl)c(Br)s1. The highest BCUT2D eigenvalue weighted by atomic mass is 127. The van der Waals surface area contributed by atoms with Crippen LogP contribution in [0.25, 0.3) is 0 Å². The van der Waals surface area contributed by atoms with Crippen LogP contribution in [0, 0.1) is 2.88 Å². The molecular formula is C9H6BrClINS2. The maximum Gasteiger partial charge on any atom is 0.0888 e. The summed E-state index contributed by atoms with van der Waals surface area (Å²) in [5, 5.41) is 2.82. The van der Waals surface area contributed by atoms with Gasteiger partial charge in [0.1, 0.15) is 0 Å². The van der Waals surface area contributed by atoms with Gasteiger partial charge in [-0.1, -0.05) is 11.6 Å². The highest BCUT2D eigenvalue weighted by Crippen LogP contribution is 2.37. The number of hydrogen-bond acceptors (Lipinski definition) is 3. The van der Waals surface area contributed by atoms with Crippen LogP contribution in [0.2, 0.25) is 5.02 Å². The van der Waals surface area contributed by atoms with E-state index in [4.69, 9.17) is 17.3 Å². The molecule has 0 radical (unpaired) electrons. The smallest absolute Gasteiger partial charge is 0.0888 e. The highest BCUT2D eigenvalue weighted by Gasteiger charge is 2.15. The predicted molar refractivity (Wildman–Crippen MR) is 80.1 cm³/mol. The summed E-state index contributed by atoms with van der Waals surface area (Å²) < 4.78 is 2.19. The zero-order valence-electron chi connectivity index (χ0n) is 7.34. The molecule has 2 aromatic rings. The summed E-state index contributed by atoms with van der Waals surface area (Å²) in [7, 11) is 0. The lowest BCUT2D eigenvalue weighted by molar-refractivity contribution is 0.899. The van der Waals surface area contributed by atoms with E-state index >= 15 is 0 Å². The monoisotopic (exact) mass is 433 g/mol. The van der Waals surface area contributed by atoms with Crippen molar-refractivity contribution in [2.45, 2.75) is 6.04 Å². The fourth-order valence-corrected chi connectivity index (χ4v) is 4.35. The first kappa shape index (κ1) is 12.3. The molecule has 1 atom stereocenters. The summed E-state index contributed by atoms with van der Waals surface area (Å²) in [6.07, 6.45) is 0. The second kappa shape index (κ2) is 5.01. The molecule has 15 heavy (non-hydrogen) atoms. The maximum atomic E-state index is 6.15. The Morgan fingerprint density at radius 2 is 2.20 bits per heavy atom. The number of rotatable bonds is 2. The number of thiophene rings is 2. The van der Waals surface area contributed by atoms with Gasteiger partial charge in [0.05, 0.1) is 17.7 Å². The fraction of sp³-hybridized carbons (Fsp3) is 0.111. The van der Waals surface area contributed by atoms with Crippen LogP contribution in [0.1, 0.15) is 16.5 Å². The number of hydrogen-bond donors (Lipinski definition) is 1. The quantitative estimate of drug-likeness (QED) is 0.670. The highest BCUT2D eigenvalue weighted by molar-refractivity contribution is 14.1. The van der Waals surface area contributed by atoms with E-state index in [9.17, 15) is 0 Å². The molecule has 2 N–H and O–H groups in total. The third-order valence-electron chi connectivity index (χ3n) is 1.92. The van der Waals surface area contributed by atoms with Crippen molar-refractivity contribution in [3.63, 3.8) is 0 Å². The summed E-state index contributed by atoms with van der Waals surface area (Å²) in [5.74, 6) is 0. The molecule has 0 saturated carbocycles. The fourth-order valence-electron chi connectivity index (χ4n) is 1.17. The Morgan fingerprint density at radius 1 is 1.47 bits per heavy atom. The standard InChI is InChI=1S/C9H6BrClINS2/c10-9-5(11)2-6(15-9)8(13)4-1-7(12)14-3-4/h1-3,8H,13H2. The van der Waals surface area contributed by atoms with Gasteiger partial charge in [0.15, 0.2) is 0 Å². The minimum absolute atomic E-state index is 0.0708. The molecule has 0 bridgehead atoms. The molecule has 2 heterocycles. The molecule has 6 heteroatoms. The van der Waals surface area contributed by atoms with Crippen LogP contribution in [0.5, 0.6) is 0 Å². The van der Waals surface area contributed by atoms with Crippen LogP contribution in [0.4, 0.5) is 0 Å². The topological polar surface area (TPSA) is 26.0 Å². The Morgan fingerprint density at radius 3 is 2.67 bits per heavy atom. The van der Waals surface area contributed by atoms with Gasteiger partial charge >= 0.3 is 0 Å². The van der Waals surface area contributed by atoms with Crippen molar-refractivity contribution in [2.24, 2.45) is 5.73 Å². The molecule has 1 unspecified atom stereocenters. The first-order chi connectivity index (χ1) is 7.08. The molecule has 0 aliphatic rings.